The van der Waals surface area contributed by atoms with Gasteiger partial charge in [0.25, 0.3) is 0 Å². The highest BCUT2D eigenvalue weighted by Crippen LogP contribution is 2.23. The first-order chi connectivity index (χ1) is 13.3. The third-order valence-corrected chi connectivity index (χ3v) is 5.86. The van der Waals surface area contributed by atoms with E-state index < -0.39 is 0 Å². The number of hydrogen-bond acceptors (Lipinski definition) is 9. The Labute approximate surface area is 164 Å². The molecule has 10 heteroatoms. The van der Waals surface area contributed by atoms with Crippen molar-refractivity contribution in [3.05, 3.63) is 46.4 Å². The third-order valence-electron chi connectivity index (χ3n) is 4.27. The number of carbonyl (C=O) groups is 1. The summed E-state index contributed by atoms with van der Waals surface area (Å²) in [6, 6.07) is 10.3. The SMILES string of the molecule is O=C(CN1CCN(c2nnc(Cc3ccccc3)s2)CC1)Nc1nncs1. The molecule has 0 aliphatic carbocycles. The molecule has 4 rings (SSSR count). The van der Waals surface area contributed by atoms with Gasteiger partial charge in [-0.3, -0.25) is 15.0 Å². The molecule has 0 unspecified atom stereocenters. The van der Waals surface area contributed by atoms with Gasteiger partial charge < -0.3 is 4.90 Å². The fraction of sp³-hybridized carbons (Fsp3) is 0.353. The number of aromatic nitrogens is 4. The van der Waals surface area contributed by atoms with E-state index in [9.17, 15) is 4.79 Å². The Balaban J connectivity index is 1.26. The number of nitrogens with one attached hydrogen (secondary N) is 1. The van der Waals surface area contributed by atoms with Gasteiger partial charge in [0.1, 0.15) is 10.5 Å². The molecule has 0 spiro atoms. The van der Waals surface area contributed by atoms with E-state index in [1.807, 2.05) is 18.2 Å². The normalized spacial score (nSPS) is 15.0. The predicted octanol–water partition coefficient (Wildman–Crippen LogP) is 1.74. The van der Waals surface area contributed by atoms with Crippen molar-refractivity contribution < 1.29 is 4.79 Å². The molecule has 0 bridgehead atoms. The number of benzene rings is 1. The van der Waals surface area contributed by atoms with E-state index in [1.54, 1.807) is 16.8 Å². The largest absolute Gasteiger partial charge is 0.344 e. The lowest BCUT2D eigenvalue weighted by molar-refractivity contribution is -0.117. The lowest BCUT2D eigenvalue weighted by Crippen LogP contribution is -2.48. The van der Waals surface area contributed by atoms with Crippen LogP contribution in [-0.2, 0) is 11.2 Å². The van der Waals surface area contributed by atoms with Gasteiger partial charge in [-0.15, -0.1) is 20.4 Å². The molecule has 140 valence electrons. The van der Waals surface area contributed by atoms with Crippen LogP contribution in [0.4, 0.5) is 10.3 Å². The fourth-order valence-corrected chi connectivity index (χ4v) is 4.29. The highest BCUT2D eigenvalue weighted by atomic mass is 32.1. The van der Waals surface area contributed by atoms with Crippen LogP contribution >= 0.6 is 22.7 Å². The summed E-state index contributed by atoms with van der Waals surface area (Å²) in [5.74, 6) is -0.0544. The van der Waals surface area contributed by atoms with Crippen LogP contribution in [-0.4, -0.2) is 63.9 Å². The van der Waals surface area contributed by atoms with Crippen molar-refractivity contribution in [3.63, 3.8) is 0 Å². The average Bonchev–Trinajstić information content (AvgIpc) is 3.35. The Morgan fingerprint density at radius 1 is 1.07 bits per heavy atom. The van der Waals surface area contributed by atoms with Crippen molar-refractivity contribution in [3.8, 4) is 0 Å². The van der Waals surface area contributed by atoms with Gasteiger partial charge in [0.2, 0.25) is 16.2 Å². The van der Waals surface area contributed by atoms with Gasteiger partial charge in [-0.1, -0.05) is 53.0 Å². The van der Waals surface area contributed by atoms with Crippen molar-refractivity contribution in [1.29, 1.82) is 0 Å². The summed E-state index contributed by atoms with van der Waals surface area (Å²) >= 11 is 2.96. The summed E-state index contributed by atoms with van der Waals surface area (Å²) in [4.78, 5) is 16.4. The lowest BCUT2D eigenvalue weighted by Gasteiger charge is -2.33. The van der Waals surface area contributed by atoms with Crippen molar-refractivity contribution >= 4 is 38.8 Å². The first kappa shape index (κ1) is 18.0. The molecule has 3 aromatic rings. The molecule has 27 heavy (non-hydrogen) atoms. The first-order valence-electron chi connectivity index (χ1n) is 8.66. The molecule has 0 radical (unpaired) electrons. The van der Waals surface area contributed by atoms with Crippen LogP contribution in [0.25, 0.3) is 0 Å². The Hall–Kier alpha value is -2.43. The zero-order valence-corrected chi connectivity index (χ0v) is 16.2. The molecule has 1 aromatic carbocycles. The molecule has 1 saturated heterocycles. The molecule has 0 atom stereocenters. The second-order valence-corrected chi connectivity index (χ2v) is 8.07. The Morgan fingerprint density at radius 3 is 2.63 bits per heavy atom. The number of hydrogen-bond donors (Lipinski definition) is 1. The van der Waals surface area contributed by atoms with Crippen LogP contribution in [0.15, 0.2) is 35.8 Å². The summed E-state index contributed by atoms with van der Waals surface area (Å²) in [6.07, 6.45) is 0.810. The summed E-state index contributed by atoms with van der Waals surface area (Å²) < 4.78 is 0. The quantitative estimate of drug-likeness (QED) is 0.673. The topological polar surface area (TPSA) is 87.1 Å². The maximum atomic E-state index is 12.1. The van der Waals surface area contributed by atoms with Gasteiger partial charge in [0.15, 0.2) is 0 Å². The second-order valence-electron chi connectivity index (χ2n) is 6.20. The first-order valence-corrected chi connectivity index (χ1v) is 10.4. The van der Waals surface area contributed by atoms with Gasteiger partial charge in [-0.25, -0.2) is 0 Å². The number of piperazine rings is 1. The molecular formula is C17H19N7OS2. The summed E-state index contributed by atoms with van der Waals surface area (Å²) in [7, 11) is 0. The smallest absolute Gasteiger partial charge is 0.240 e. The van der Waals surface area contributed by atoms with Crippen molar-refractivity contribution in [2.45, 2.75) is 6.42 Å². The average molecular weight is 402 g/mol. The van der Waals surface area contributed by atoms with Gasteiger partial charge in [-0.05, 0) is 5.56 Å². The molecule has 1 aliphatic rings. The molecule has 0 saturated carbocycles. The standard InChI is InChI=1S/C17H19N7OS2/c25-14(19-16-21-18-12-26-16)11-23-6-8-24(9-7-23)17-22-20-15(27-17)10-13-4-2-1-3-5-13/h1-5,12H,6-11H2,(H,19,21,25). The van der Waals surface area contributed by atoms with E-state index in [4.69, 9.17) is 0 Å². The monoisotopic (exact) mass is 401 g/mol. The lowest BCUT2D eigenvalue weighted by atomic mass is 10.2. The summed E-state index contributed by atoms with van der Waals surface area (Å²) in [5, 5.41) is 21.5. The number of amides is 1. The Morgan fingerprint density at radius 2 is 1.89 bits per heavy atom. The maximum Gasteiger partial charge on any atom is 0.240 e. The minimum absolute atomic E-state index is 0.0544. The van der Waals surface area contributed by atoms with Crippen LogP contribution < -0.4 is 10.2 Å². The number of nitrogens with zero attached hydrogens (tertiary/aromatic N) is 6. The van der Waals surface area contributed by atoms with Crippen molar-refractivity contribution in [2.75, 3.05) is 42.9 Å². The molecule has 2 aromatic heterocycles. The molecule has 1 aliphatic heterocycles. The molecule has 3 heterocycles. The van der Waals surface area contributed by atoms with Gasteiger partial charge in [0, 0.05) is 32.6 Å². The number of rotatable bonds is 6. The number of carbonyl (C=O) groups excluding carboxylic acids is 1. The predicted molar refractivity (Wildman–Crippen MR) is 106 cm³/mol. The Kier molecular flexibility index (Phi) is 5.66. The molecule has 1 N–H and O–H groups in total. The number of anilines is 2. The van der Waals surface area contributed by atoms with E-state index in [-0.39, 0.29) is 5.91 Å². The van der Waals surface area contributed by atoms with E-state index in [0.29, 0.717) is 11.7 Å². The van der Waals surface area contributed by atoms with Gasteiger partial charge in [-0.2, -0.15) is 0 Å². The van der Waals surface area contributed by atoms with Crippen LogP contribution in [0.1, 0.15) is 10.6 Å². The van der Waals surface area contributed by atoms with Crippen molar-refractivity contribution in [1.82, 2.24) is 25.3 Å². The molecule has 1 amide bonds. The second kappa shape index (κ2) is 8.51. The van der Waals surface area contributed by atoms with E-state index in [1.165, 1.54) is 16.9 Å². The van der Waals surface area contributed by atoms with E-state index in [2.05, 4.69) is 47.6 Å². The zero-order valence-electron chi connectivity index (χ0n) is 14.6. The highest BCUT2D eigenvalue weighted by Gasteiger charge is 2.22. The third kappa shape index (κ3) is 4.85. The minimum Gasteiger partial charge on any atom is -0.344 e. The highest BCUT2D eigenvalue weighted by molar-refractivity contribution is 7.15. The van der Waals surface area contributed by atoms with Crippen LogP contribution in [0.5, 0.6) is 0 Å². The maximum absolute atomic E-state index is 12.1. The van der Waals surface area contributed by atoms with E-state index >= 15 is 0 Å². The fourth-order valence-electron chi connectivity index (χ4n) is 2.90. The Bertz CT molecular complexity index is 861. The summed E-state index contributed by atoms with van der Waals surface area (Å²) in [5.41, 5.74) is 2.84. The molecule has 8 nitrogen and oxygen atoms in total. The van der Waals surface area contributed by atoms with Crippen LogP contribution in [0.3, 0.4) is 0 Å². The molecule has 1 fully saturated rings. The van der Waals surface area contributed by atoms with Crippen LogP contribution in [0, 0.1) is 0 Å². The van der Waals surface area contributed by atoms with Gasteiger partial charge >= 0.3 is 0 Å². The van der Waals surface area contributed by atoms with E-state index in [0.717, 1.165) is 42.7 Å². The molecular weight excluding hydrogens is 382 g/mol. The minimum atomic E-state index is -0.0544. The van der Waals surface area contributed by atoms with Gasteiger partial charge in [0.05, 0.1) is 6.54 Å². The zero-order chi connectivity index (χ0) is 18.5. The van der Waals surface area contributed by atoms with Crippen LogP contribution in [0.2, 0.25) is 0 Å². The summed E-state index contributed by atoms with van der Waals surface area (Å²) in [6.45, 7) is 3.68. The van der Waals surface area contributed by atoms with Crippen molar-refractivity contribution in [2.24, 2.45) is 0 Å².